The van der Waals surface area contributed by atoms with Crippen LogP contribution in [0, 0.1) is 13.8 Å². The van der Waals surface area contributed by atoms with E-state index >= 15 is 0 Å². The number of carbonyl (C=O) groups is 1. The molecule has 1 amide bonds. The lowest BCUT2D eigenvalue weighted by Crippen LogP contribution is -2.43. The molecule has 0 atom stereocenters. The van der Waals surface area contributed by atoms with E-state index in [9.17, 15) is 4.79 Å². The molecule has 0 saturated heterocycles. The summed E-state index contributed by atoms with van der Waals surface area (Å²) in [5.74, 6) is -0.367. The van der Waals surface area contributed by atoms with Gasteiger partial charge in [0.25, 0.3) is 5.91 Å². The second-order valence-electron chi connectivity index (χ2n) is 5.04. The second-order valence-corrected chi connectivity index (χ2v) is 6.26. The number of rotatable bonds is 2. The summed E-state index contributed by atoms with van der Waals surface area (Å²) in [4.78, 5) is 12.0. The molecule has 0 radical (unpaired) electrons. The van der Waals surface area contributed by atoms with E-state index in [4.69, 9.17) is 35.4 Å². The Hall–Kier alpha value is -1.82. The summed E-state index contributed by atoms with van der Waals surface area (Å²) in [7, 11) is 0. The van der Waals surface area contributed by atoms with E-state index in [1.54, 1.807) is 12.1 Å². The third-order valence-electron chi connectivity index (χ3n) is 2.95. The van der Waals surface area contributed by atoms with Gasteiger partial charge in [-0.2, -0.15) is 0 Å². The number of hydrazine groups is 1. The Morgan fingerprint density at radius 1 is 0.957 bits per heavy atom. The molecular formula is C16H15Cl2N3OS. The third kappa shape index (κ3) is 5.10. The molecular weight excluding hydrogens is 353 g/mol. The maximum absolute atomic E-state index is 12.0. The maximum atomic E-state index is 12.0. The highest BCUT2D eigenvalue weighted by Gasteiger charge is 2.08. The first-order valence-electron chi connectivity index (χ1n) is 6.76. The van der Waals surface area contributed by atoms with Crippen LogP contribution in [0.25, 0.3) is 0 Å². The molecule has 0 aliphatic carbocycles. The van der Waals surface area contributed by atoms with Crippen LogP contribution < -0.4 is 16.2 Å². The van der Waals surface area contributed by atoms with Gasteiger partial charge in [0.2, 0.25) is 0 Å². The molecule has 4 nitrogen and oxygen atoms in total. The molecule has 0 aliphatic heterocycles. The van der Waals surface area contributed by atoms with Crippen molar-refractivity contribution in [2.75, 3.05) is 5.32 Å². The van der Waals surface area contributed by atoms with Crippen molar-refractivity contribution in [2.45, 2.75) is 13.8 Å². The lowest BCUT2D eigenvalue weighted by Gasteiger charge is -2.13. The SMILES string of the molecule is Cc1cc(C)cc(NC(=S)NNC(=O)c2ccc(Cl)c(Cl)c2)c1. The van der Waals surface area contributed by atoms with E-state index in [-0.39, 0.29) is 11.0 Å². The van der Waals surface area contributed by atoms with Gasteiger partial charge in [-0.25, -0.2) is 0 Å². The number of anilines is 1. The van der Waals surface area contributed by atoms with Gasteiger partial charge in [0, 0.05) is 11.3 Å². The standard InChI is InChI=1S/C16H15Cl2N3OS/c1-9-5-10(2)7-12(6-9)19-16(23)21-20-15(22)11-3-4-13(17)14(18)8-11/h3-8H,1-2H3,(H,20,22)(H2,19,21,23). The molecule has 3 N–H and O–H groups in total. The van der Waals surface area contributed by atoms with Gasteiger partial charge in [0.1, 0.15) is 0 Å². The highest BCUT2D eigenvalue weighted by atomic mass is 35.5. The maximum Gasteiger partial charge on any atom is 0.269 e. The Morgan fingerprint density at radius 3 is 2.22 bits per heavy atom. The number of benzene rings is 2. The van der Waals surface area contributed by atoms with Gasteiger partial charge in [-0.15, -0.1) is 0 Å². The summed E-state index contributed by atoms with van der Waals surface area (Å²) in [5.41, 5.74) is 8.62. The Bertz CT molecular complexity index is 745. The summed E-state index contributed by atoms with van der Waals surface area (Å²) in [6.07, 6.45) is 0. The number of halogens is 2. The van der Waals surface area contributed by atoms with Crippen molar-refractivity contribution in [3.05, 3.63) is 63.1 Å². The van der Waals surface area contributed by atoms with Crippen LogP contribution in [-0.2, 0) is 0 Å². The smallest absolute Gasteiger partial charge is 0.269 e. The van der Waals surface area contributed by atoms with E-state index < -0.39 is 0 Å². The largest absolute Gasteiger partial charge is 0.331 e. The van der Waals surface area contributed by atoms with E-state index in [1.807, 2.05) is 26.0 Å². The highest BCUT2D eigenvalue weighted by molar-refractivity contribution is 7.80. The normalized spacial score (nSPS) is 10.1. The van der Waals surface area contributed by atoms with Crippen molar-refractivity contribution >= 4 is 52.1 Å². The van der Waals surface area contributed by atoms with Crippen LogP contribution in [0.4, 0.5) is 5.69 Å². The molecule has 0 bridgehead atoms. The topological polar surface area (TPSA) is 53.2 Å². The fourth-order valence-electron chi connectivity index (χ4n) is 2.03. The van der Waals surface area contributed by atoms with Gasteiger partial charge < -0.3 is 5.32 Å². The molecule has 0 aliphatic rings. The molecule has 2 aromatic rings. The zero-order valence-corrected chi connectivity index (χ0v) is 14.9. The number of hydrogen-bond acceptors (Lipinski definition) is 2. The summed E-state index contributed by atoms with van der Waals surface area (Å²) < 4.78 is 0. The monoisotopic (exact) mass is 367 g/mol. The number of aryl methyl sites for hydroxylation is 2. The fraction of sp³-hybridized carbons (Fsp3) is 0.125. The lowest BCUT2D eigenvalue weighted by molar-refractivity contribution is 0.0944. The van der Waals surface area contributed by atoms with E-state index in [0.717, 1.165) is 16.8 Å². The van der Waals surface area contributed by atoms with Gasteiger partial charge in [-0.1, -0.05) is 29.3 Å². The third-order valence-corrected chi connectivity index (χ3v) is 3.89. The zero-order valence-electron chi connectivity index (χ0n) is 12.5. The van der Waals surface area contributed by atoms with Crippen molar-refractivity contribution in [3.8, 4) is 0 Å². The van der Waals surface area contributed by atoms with Gasteiger partial charge in [0.05, 0.1) is 10.0 Å². The molecule has 2 rings (SSSR count). The summed E-state index contributed by atoms with van der Waals surface area (Å²) in [5, 5.41) is 4.00. The molecule has 120 valence electrons. The zero-order chi connectivity index (χ0) is 17.0. The molecule has 0 saturated carbocycles. The number of amides is 1. The Kier molecular flexibility index (Phi) is 5.82. The quantitative estimate of drug-likeness (QED) is 0.548. The first kappa shape index (κ1) is 17.5. The van der Waals surface area contributed by atoms with Crippen molar-refractivity contribution in [3.63, 3.8) is 0 Å². The van der Waals surface area contributed by atoms with Crippen molar-refractivity contribution in [1.82, 2.24) is 10.9 Å². The van der Waals surface area contributed by atoms with Crippen LogP contribution in [-0.4, -0.2) is 11.0 Å². The lowest BCUT2D eigenvalue weighted by atomic mass is 10.1. The van der Waals surface area contributed by atoms with Gasteiger partial charge in [0.15, 0.2) is 5.11 Å². The van der Waals surface area contributed by atoms with Gasteiger partial charge in [-0.3, -0.25) is 15.6 Å². The molecule has 0 heterocycles. The highest BCUT2D eigenvalue weighted by Crippen LogP contribution is 2.22. The number of thiocarbonyl (C=S) groups is 1. The Labute approximate surface area is 150 Å². The summed E-state index contributed by atoms with van der Waals surface area (Å²) >= 11 is 16.9. The van der Waals surface area contributed by atoms with Crippen LogP contribution in [0.1, 0.15) is 21.5 Å². The van der Waals surface area contributed by atoms with Crippen molar-refractivity contribution < 1.29 is 4.79 Å². The van der Waals surface area contributed by atoms with Crippen molar-refractivity contribution in [2.24, 2.45) is 0 Å². The fourth-order valence-corrected chi connectivity index (χ4v) is 2.50. The minimum absolute atomic E-state index is 0.281. The molecule has 0 unspecified atom stereocenters. The van der Waals surface area contributed by atoms with Crippen LogP contribution in [0.3, 0.4) is 0 Å². The second kappa shape index (κ2) is 7.64. The van der Waals surface area contributed by atoms with Crippen LogP contribution in [0.2, 0.25) is 10.0 Å². The number of carbonyl (C=O) groups excluding carboxylic acids is 1. The van der Waals surface area contributed by atoms with E-state index in [0.29, 0.717) is 15.6 Å². The predicted octanol–water partition coefficient (Wildman–Crippen LogP) is 4.24. The average molecular weight is 368 g/mol. The molecule has 2 aromatic carbocycles. The van der Waals surface area contributed by atoms with Gasteiger partial charge >= 0.3 is 0 Å². The molecule has 0 aromatic heterocycles. The van der Waals surface area contributed by atoms with Crippen LogP contribution in [0.5, 0.6) is 0 Å². The molecule has 0 spiro atoms. The van der Waals surface area contributed by atoms with E-state index in [2.05, 4.69) is 22.2 Å². The first-order chi connectivity index (χ1) is 10.8. The van der Waals surface area contributed by atoms with Crippen LogP contribution in [0.15, 0.2) is 36.4 Å². The molecule has 0 fully saturated rings. The van der Waals surface area contributed by atoms with E-state index in [1.165, 1.54) is 6.07 Å². The number of hydrogen-bond donors (Lipinski definition) is 3. The van der Waals surface area contributed by atoms with Crippen molar-refractivity contribution in [1.29, 1.82) is 0 Å². The van der Waals surface area contributed by atoms with Gasteiger partial charge in [-0.05, 0) is 67.5 Å². The summed E-state index contributed by atoms with van der Waals surface area (Å²) in [6.45, 7) is 4.00. The Morgan fingerprint density at radius 2 is 1.61 bits per heavy atom. The average Bonchev–Trinajstić information content (AvgIpc) is 2.46. The minimum atomic E-state index is -0.367. The first-order valence-corrected chi connectivity index (χ1v) is 7.92. The summed E-state index contributed by atoms with van der Waals surface area (Å²) in [6, 6.07) is 10.6. The predicted molar refractivity (Wildman–Crippen MR) is 99.2 cm³/mol. The Balaban J connectivity index is 1.93. The number of nitrogens with one attached hydrogen (secondary N) is 3. The minimum Gasteiger partial charge on any atom is -0.331 e. The molecule has 7 heteroatoms. The molecule has 23 heavy (non-hydrogen) atoms. The van der Waals surface area contributed by atoms with Crippen LogP contribution >= 0.6 is 35.4 Å².